The predicted molar refractivity (Wildman–Crippen MR) is 71.6 cm³/mol. The van der Waals surface area contributed by atoms with Crippen LogP contribution < -0.4 is 9.64 Å². The third kappa shape index (κ3) is 2.61. The molecule has 2 aliphatic rings. The van der Waals surface area contributed by atoms with Gasteiger partial charge in [0.25, 0.3) is 0 Å². The molecule has 22 heavy (non-hydrogen) atoms. The van der Waals surface area contributed by atoms with Gasteiger partial charge in [0.15, 0.2) is 11.6 Å². The van der Waals surface area contributed by atoms with Gasteiger partial charge >= 0.3 is 0 Å². The second-order valence-corrected chi connectivity index (χ2v) is 4.97. The Kier molecular flexibility index (Phi) is 3.93. The summed E-state index contributed by atoms with van der Waals surface area (Å²) in [6, 6.07) is 2.24. The summed E-state index contributed by atoms with van der Waals surface area (Å²) in [6.07, 6.45) is 0. The smallest absolute Gasteiger partial charge is 0.249 e. The summed E-state index contributed by atoms with van der Waals surface area (Å²) in [5.74, 6) is -3.05. The molecule has 118 valence electrons. The summed E-state index contributed by atoms with van der Waals surface area (Å²) in [4.78, 5) is 26.7. The first kappa shape index (κ1) is 14.7. The van der Waals surface area contributed by atoms with Crippen LogP contribution >= 0.6 is 0 Å². The standard InChI is InChI=1S/C14H14F2N2O4/c15-9-1-2-10-14(13(9)16)22-6-4-18(10)11(19)7-17-3-5-21-8-12(17)20/h1-2H,3-8H2. The normalized spacial score (nSPS) is 18.0. The quantitative estimate of drug-likeness (QED) is 0.800. The van der Waals surface area contributed by atoms with E-state index in [9.17, 15) is 18.4 Å². The van der Waals surface area contributed by atoms with Crippen molar-refractivity contribution >= 4 is 17.5 Å². The van der Waals surface area contributed by atoms with Crippen LogP contribution in [0.4, 0.5) is 14.5 Å². The SMILES string of the molecule is O=C1COCCN1CC(=O)N1CCOc2c1ccc(F)c2F. The fourth-order valence-corrected chi connectivity index (χ4v) is 2.46. The van der Waals surface area contributed by atoms with Crippen LogP contribution in [0.2, 0.25) is 0 Å². The van der Waals surface area contributed by atoms with Crippen molar-refractivity contribution in [1.29, 1.82) is 0 Å². The highest BCUT2D eigenvalue weighted by Crippen LogP contribution is 2.35. The molecule has 6 nitrogen and oxygen atoms in total. The summed E-state index contributed by atoms with van der Waals surface area (Å²) >= 11 is 0. The Labute approximate surface area is 125 Å². The van der Waals surface area contributed by atoms with E-state index in [1.54, 1.807) is 0 Å². The second-order valence-electron chi connectivity index (χ2n) is 4.97. The Balaban J connectivity index is 1.80. The minimum absolute atomic E-state index is 0.0488. The molecule has 2 aliphatic heterocycles. The minimum atomic E-state index is -1.11. The van der Waals surface area contributed by atoms with Crippen LogP contribution in [0.25, 0.3) is 0 Å². The Bertz CT molecular complexity index is 623. The van der Waals surface area contributed by atoms with E-state index in [0.29, 0.717) is 13.2 Å². The molecule has 0 saturated carbocycles. The first-order valence-corrected chi connectivity index (χ1v) is 6.84. The van der Waals surface area contributed by atoms with E-state index in [1.165, 1.54) is 15.9 Å². The number of halogens is 2. The van der Waals surface area contributed by atoms with Crippen molar-refractivity contribution in [3.8, 4) is 5.75 Å². The van der Waals surface area contributed by atoms with Crippen molar-refractivity contribution in [2.24, 2.45) is 0 Å². The molecule has 0 aliphatic carbocycles. The van der Waals surface area contributed by atoms with Crippen LogP contribution in [0.5, 0.6) is 5.75 Å². The van der Waals surface area contributed by atoms with Gasteiger partial charge < -0.3 is 19.3 Å². The molecule has 0 atom stereocenters. The largest absolute Gasteiger partial charge is 0.486 e. The van der Waals surface area contributed by atoms with Gasteiger partial charge in [0.1, 0.15) is 19.8 Å². The van der Waals surface area contributed by atoms with Crippen LogP contribution in [-0.4, -0.2) is 56.2 Å². The third-order valence-corrected chi connectivity index (χ3v) is 3.59. The van der Waals surface area contributed by atoms with Crippen molar-refractivity contribution in [2.45, 2.75) is 0 Å². The van der Waals surface area contributed by atoms with Crippen LogP contribution in [0.3, 0.4) is 0 Å². The summed E-state index contributed by atoms with van der Waals surface area (Å²) in [5.41, 5.74) is 0.177. The number of anilines is 1. The summed E-state index contributed by atoms with van der Waals surface area (Å²) in [5, 5.41) is 0. The highest BCUT2D eigenvalue weighted by molar-refractivity contribution is 5.98. The van der Waals surface area contributed by atoms with Crippen molar-refractivity contribution < 1.29 is 27.8 Å². The van der Waals surface area contributed by atoms with Crippen molar-refractivity contribution in [2.75, 3.05) is 44.4 Å². The van der Waals surface area contributed by atoms with E-state index in [4.69, 9.17) is 9.47 Å². The van der Waals surface area contributed by atoms with E-state index in [1.807, 2.05) is 0 Å². The van der Waals surface area contributed by atoms with E-state index >= 15 is 0 Å². The summed E-state index contributed by atoms with van der Waals surface area (Å²) in [6.45, 7) is 0.817. The van der Waals surface area contributed by atoms with E-state index in [2.05, 4.69) is 0 Å². The number of hydrogen-bond donors (Lipinski definition) is 0. The molecule has 0 radical (unpaired) electrons. The first-order chi connectivity index (χ1) is 10.6. The number of ether oxygens (including phenoxy) is 2. The van der Waals surface area contributed by atoms with Gasteiger partial charge in [-0.3, -0.25) is 9.59 Å². The van der Waals surface area contributed by atoms with Crippen LogP contribution in [-0.2, 0) is 14.3 Å². The van der Waals surface area contributed by atoms with E-state index in [-0.39, 0.29) is 49.6 Å². The molecule has 2 heterocycles. The lowest BCUT2D eigenvalue weighted by atomic mass is 10.2. The van der Waals surface area contributed by atoms with Gasteiger partial charge in [0, 0.05) is 6.54 Å². The molecule has 8 heteroatoms. The number of carbonyl (C=O) groups is 2. The summed E-state index contributed by atoms with van der Waals surface area (Å²) < 4.78 is 37.1. The number of benzene rings is 1. The predicted octanol–water partition coefficient (Wildman–Crippen LogP) is 0.549. The highest BCUT2D eigenvalue weighted by Gasteiger charge is 2.30. The molecule has 2 amide bonds. The number of hydrogen-bond acceptors (Lipinski definition) is 4. The molecule has 0 bridgehead atoms. The fourth-order valence-electron chi connectivity index (χ4n) is 2.46. The number of carbonyl (C=O) groups excluding carboxylic acids is 2. The number of nitrogens with zero attached hydrogens (tertiary/aromatic N) is 2. The molecular formula is C14H14F2N2O4. The molecule has 0 N–H and O–H groups in total. The fraction of sp³-hybridized carbons (Fsp3) is 0.429. The zero-order valence-electron chi connectivity index (χ0n) is 11.7. The topological polar surface area (TPSA) is 59.1 Å². The Morgan fingerprint density at radius 1 is 1.23 bits per heavy atom. The van der Waals surface area contributed by atoms with Gasteiger partial charge in [-0.2, -0.15) is 4.39 Å². The van der Waals surface area contributed by atoms with Crippen molar-refractivity contribution in [1.82, 2.24) is 4.90 Å². The maximum atomic E-state index is 13.7. The molecule has 1 saturated heterocycles. The number of morpholine rings is 1. The zero-order valence-corrected chi connectivity index (χ0v) is 11.7. The first-order valence-electron chi connectivity index (χ1n) is 6.84. The van der Waals surface area contributed by atoms with Gasteiger partial charge in [-0.05, 0) is 12.1 Å². The van der Waals surface area contributed by atoms with Gasteiger partial charge in [-0.15, -0.1) is 0 Å². The second kappa shape index (κ2) is 5.88. The molecule has 1 fully saturated rings. The average molecular weight is 312 g/mol. The minimum Gasteiger partial charge on any atom is -0.486 e. The van der Waals surface area contributed by atoms with Crippen LogP contribution in [0.1, 0.15) is 0 Å². The third-order valence-electron chi connectivity index (χ3n) is 3.59. The maximum absolute atomic E-state index is 13.7. The van der Waals surface area contributed by atoms with Crippen LogP contribution in [0.15, 0.2) is 12.1 Å². The van der Waals surface area contributed by atoms with Gasteiger partial charge in [-0.25, -0.2) is 4.39 Å². The van der Waals surface area contributed by atoms with E-state index in [0.717, 1.165) is 6.07 Å². The van der Waals surface area contributed by atoms with E-state index < -0.39 is 11.6 Å². The average Bonchev–Trinajstić information content (AvgIpc) is 2.52. The molecule has 1 aromatic carbocycles. The Hall–Kier alpha value is -2.22. The molecule has 1 aromatic rings. The zero-order chi connectivity index (χ0) is 15.7. The Morgan fingerprint density at radius 3 is 2.82 bits per heavy atom. The molecule has 0 spiro atoms. The lowest BCUT2D eigenvalue weighted by Gasteiger charge is -2.32. The summed E-state index contributed by atoms with van der Waals surface area (Å²) in [7, 11) is 0. The van der Waals surface area contributed by atoms with Crippen molar-refractivity contribution in [3.63, 3.8) is 0 Å². The van der Waals surface area contributed by atoms with Gasteiger partial charge in [0.05, 0.1) is 18.8 Å². The van der Waals surface area contributed by atoms with Gasteiger partial charge in [-0.1, -0.05) is 0 Å². The van der Waals surface area contributed by atoms with Crippen molar-refractivity contribution in [3.05, 3.63) is 23.8 Å². The highest BCUT2D eigenvalue weighted by atomic mass is 19.2. The molecular weight excluding hydrogens is 298 g/mol. The maximum Gasteiger partial charge on any atom is 0.249 e. The monoisotopic (exact) mass is 312 g/mol. The van der Waals surface area contributed by atoms with Gasteiger partial charge in [0.2, 0.25) is 17.6 Å². The number of rotatable bonds is 2. The number of fused-ring (bicyclic) bond motifs is 1. The van der Waals surface area contributed by atoms with Crippen LogP contribution in [0, 0.1) is 11.6 Å². The molecule has 3 rings (SSSR count). The Morgan fingerprint density at radius 2 is 2.05 bits per heavy atom. The number of amides is 2. The molecule has 0 unspecified atom stereocenters. The lowest BCUT2D eigenvalue weighted by molar-refractivity contribution is -0.145. The molecule has 0 aromatic heterocycles. The lowest BCUT2D eigenvalue weighted by Crippen LogP contribution is -2.49.